The zero-order valence-electron chi connectivity index (χ0n) is 8.83. The highest BCUT2D eigenvalue weighted by Crippen LogP contribution is 2.18. The Morgan fingerprint density at radius 1 is 1.47 bits per heavy atom. The van der Waals surface area contributed by atoms with Crippen molar-refractivity contribution >= 4 is 30.1 Å². The average molecular weight is 251 g/mol. The number of rotatable bonds is 3. The number of nitrogens with one attached hydrogen (secondary N) is 2. The lowest BCUT2D eigenvalue weighted by atomic mass is 9.93. The first-order valence-corrected chi connectivity index (χ1v) is 6.60. The minimum absolute atomic E-state index is 0. The summed E-state index contributed by atoms with van der Waals surface area (Å²) in [6.45, 7) is 1.05. The number of halogens is 1. The van der Waals surface area contributed by atoms with Gasteiger partial charge in [-0.05, 0) is 19.3 Å². The molecular formula is C10H19ClN2OS. The van der Waals surface area contributed by atoms with Crippen molar-refractivity contribution in [3.05, 3.63) is 0 Å². The summed E-state index contributed by atoms with van der Waals surface area (Å²) in [5.41, 5.74) is 0. The second-order valence-corrected chi connectivity index (χ2v) is 5.28. The standard InChI is InChI=1S/C10H18N2OS.ClH/c13-10(12-8-2-1-3-8)6-9-7-14-5-4-11-9;/h8-9,11H,1-7H2,(H,12,13);1H. The fourth-order valence-electron chi connectivity index (χ4n) is 1.81. The molecule has 2 rings (SSSR count). The second kappa shape index (κ2) is 6.61. The summed E-state index contributed by atoms with van der Waals surface area (Å²) in [6, 6.07) is 0.882. The van der Waals surface area contributed by atoms with Crippen molar-refractivity contribution in [2.45, 2.75) is 37.8 Å². The largest absolute Gasteiger partial charge is 0.353 e. The second-order valence-electron chi connectivity index (χ2n) is 4.13. The van der Waals surface area contributed by atoms with Gasteiger partial charge in [0.2, 0.25) is 5.91 Å². The molecule has 0 spiro atoms. The van der Waals surface area contributed by atoms with E-state index in [1.165, 1.54) is 25.0 Å². The van der Waals surface area contributed by atoms with E-state index < -0.39 is 0 Å². The lowest BCUT2D eigenvalue weighted by Crippen LogP contribution is -2.45. The SMILES string of the molecule is Cl.O=C(CC1CSCCN1)NC1CCC1. The molecule has 1 heterocycles. The maximum Gasteiger partial charge on any atom is 0.221 e. The third-order valence-electron chi connectivity index (χ3n) is 2.90. The molecule has 0 aromatic heterocycles. The van der Waals surface area contributed by atoms with Gasteiger partial charge < -0.3 is 10.6 Å². The van der Waals surface area contributed by atoms with Crippen molar-refractivity contribution in [1.82, 2.24) is 10.6 Å². The summed E-state index contributed by atoms with van der Waals surface area (Å²) in [4.78, 5) is 11.6. The minimum atomic E-state index is 0. The van der Waals surface area contributed by atoms with E-state index in [0.29, 0.717) is 18.5 Å². The summed E-state index contributed by atoms with van der Waals surface area (Å²) in [5, 5.41) is 6.45. The molecule has 2 fully saturated rings. The monoisotopic (exact) mass is 250 g/mol. The Hall–Kier alpha value is 0.0700. The maximum atomic E-state index is 11.6. The van der Waals surface area contributed by atoms with Crippen molar-refractivity contribution in [2.24, 2.45) is 0 Å². The molecule has 1 aliphatic carbocycles. The van der Waals surface area contributed by atoms with Gasteiger partial charge >= 0.3 is 0 Å². The van der Waals surface area contributed by atoms with Crippen LogP contribution in [0.5, 0.6) is 0 Å². The molecular weight excluding hydrogens is 232 g/mol. The molecule has 1 amide bonds. The van der Waals surface area contributed by atoms with Gasteiger partial charge in [0.1, 0.15) is 0 Å². The van der Waals surface area contributed by atoms with Crippen molar-refractivity contribution in [3.8, 4) is 0 Å². The molecule has 1 unspecified atom stereocenters. The Morgan fingerprint density at radius 3 is 2.80 bits per heavy atom. The first-order valence-electron chi connectivity index (χ1n) is 5.45. The highest BCUT2D eigenvalue weighted by atomic mass is 35.5. The van der Waals surface area contributed by atoms with Crippen LogP contribution in [0.25, 0.3) is 0 Å². The molecule has 1 aliphatic heterocycles. The molecule has 0 aromatic rings. The molecule has 5 heteroatoms. The summed E-state index contributed by atoms with van der Waals surface area (Å²) < 4.78 is 0. The Labute approximate surface area is 102 Å². The third kappa shape index (κ3) is 4.21. The van der Waals surface area contributed by atoms with Crippen LogP contribution in [-0.2, 0) is 4.79 Å². The van der Waals surface area contributed by atoms with Crippen LogP contribution >= 0.6 is 24.2 Å². The lowest BCUT2D eigenvalue weighted by molar-refractivity contribution is -0.122. The number of carbonyl (C=O) groups excluding carboxylic acids is 1. The van der Waals surface area contributed by atoms with Gasteiger partial charge in [-0.15, -0.1) is 12.4 Å². The molecule has 15 heavy (non-hydrogen) atoms. The van der Waals surface area contributed by atoms with Gasteiger partial charge in [0, 0.05) is 36.6 Å². The van der Waals surface area contributed by atoms with E-state index in [2.05, 4.69) is 10.6 Å². The fourth-order valence-corrected chi connectivity index (χ4v) is 2.76. The van der Waals surface area contributed by atoms with Crippen LogP contribution in [0.15, 0.2) is 0 Å². The quantitative estimate of drug-likeness (QED) is 0.790. The summed E-state index contributed by atoms with van der Waals surface area (Å²) in [5.74, 6) is 2.49. The van der Waals surface area contributed by atoms with Gasteiger partial charge in [-0.3, -0.25) is 4.79 Å². The van der Waals surface area contributed by atoms with Crippen molar-refractivity contribution in [2.75, 3.05) is 18.1 Å². The van der Waals surface area contributed by atoms with Gasteiger partial charge in [-0.25, -0.2) is 0 Å². The van der Waals surface area contributed by atoms with Gasteiger partial charge in [0.15, 0.2) is 0 Å². The maximum absolute atomic E-state index is 11.6. The Kier molecular flexibility index (Phi) is 5.79. The molecule has 88 valence electrons. The topological polar surface area (TPSA) is 41.1 Å². The van der Waals surface area contributed by atoms with Crippen LogP contribution in [-0.4, -0.2) is 36.0 Å². The number of hydrogen-bond acceptors (Lipinski definition) is 3. The Balaban J connectivity index is 0.00000112. The van der Waals surface area contributed by atoms with Gasteiger partial charge in [-0.1, -0.05) is 0 Å². The molecule has 0 bridgehead atoms. The van der Waals surface area contributed by atoms with Gasteiger partial charge in [0.25, 0.3) is 0 Å². The van der Waals surface area contributed by atoms with E-state index in [-0.39, 0.29) is 18.3 Å². The third-order valence-corrected chi connectivity index (χ3v) is 4.03. The summed E-state index contributed by atoms with van der Waals surface area (Å²) in [6.07, 6.45) is 4.29. The smallest absolute Gasteiger partial charge is 0.221 e. The van der Waals surface area contributed by atoms with Crippen LogP contribution in [0.4, 0.5) is 0 Å². The molecule has 2 N–H and O–H groups in total. The van der Waals surface area contributed by atoms with Crippen LogP contribution in [0, 0.1) is 0 Å². The van der Waals surface area contributed by atoms with Gasteiger partial charge in [0.05, 0.1) is 0 Å². The van der Waals surface area contributed by atoms with Crippen LogP contribution in [0.3, 0.4) is 0 Å². The van der Waals surface area contributed by atoms with Crippen LogP contribution < -0.4 is 10.6 Å². The lowest BCUT2D eigenvalue weighted by Gasteiger charge is -2.28. The molecule has 1 atom stereocenters. The number of thioether (sulfide) groups is 1. The molecule has 1 saturated heterocycles. The van der Waals surface area contributed by atoms with E-state index in [0.717, 1.165) is 12.3 Å². The normalized spacial score (nSPS) is 26.3. The summed E-state index contributed by atoms with van der Waals surface area (Å²) >= 11 is 1.94. The summed E-state index contributed by atoms with van der Waals surface area (Å²) in [7, 11) is 0. The molecule has 0 radical (unpaired) electrons. The van der Waals surface area contributed by atoms with Gasteiger partial charge in [-0.2, -0.15) is 11.8 Å². The predicted octanol–water partition coefficient (Wildman–Crippen LogP) is 1.17. The average Bonchev–Trinajstić information content (AvgIpc) is 2.13. The van der Waals surface area contributed by atoms with Crippen molar-refractivity contribution in [1.29, 1.82) is 0 Å². The number of carbonyl (C=O) groups is 1. The molecule has 2 aliphatic rings. The van der Waals surface area contributed by atoms with Crippen LogP contribution in [0.2, 0.25) is 0 Å². The highest BCUT2D eigenvalue weighted by Gasteiger charge is 2.22. The molecule has 1 saturated carbocycles. The van der Waals surface area contributed by atoms with E-state index in [4.69, 9.17) is 0 Å². The minimum Gasteiger partial charge on any atom is -0.353 e. The number of hydrogen-bond donors (Lipinski definition) is 2. The Bertz CT molecular complexity index is 206. The van der Waals surface area contributed by atoms with E-state index in [1.54, 1.807) is 0 Å². The van der Waals surface area contributed by atoms with Crippen LogP contribution in [0.1, 0.15) is 25.7 Å². The predicted molar refractivity (Wildman–Crippen MR) is 66.8 cm³/mol. The highest BCUT2D eigenvalue weighted by molar-refractivity contribution is 7.99. The van der Waals surface area contributed by atoms with Crippen molar-refractivity contribution in [3.63, 3.8) is 0 Å². The zero-order chi connectivity index (χ0) is 9.80. The fraction of sp³-hybridized carbons (Fsp3) is 0.900. The first-order chi connectivity index (χ1) is 6.84. The first kappa shape index (κ1) is 13.1. The van der Waals surface area contributed by atoms with Crippen molar-refractivity contribution < 1.29 is 4.79 Å². The zero-order valence-corrected chi connectivity index (χ0v) is 10.5. The Morgan fingerprint density at radius 2 is 2.27 bits per heavy atom. The van der Waals surface area contributed by atoms with E-state index in [9.17, 15) is 4.79 Å². The van der Waals surface area contributed by atoms with E-state index >= 15 is 0 Å². The molecule has 3 nitrogen and oxygen atoms in total. The molecule has 0 aromatic carbocycles. The number of amides is 1. The van der Waals surface area contributed by atoms with E-state index in [1.807, 2.05) is 11.8 Å².